The van der Waals surface area contributed by atoms with Crippen LogP contribution in [-0.4, -0.2) is 11.3 Å². The minimum Gasteiger partial charge on any atom is -0.478 e. The van der Waals surface area contributed by atoms with Gasteiger partial charge in [-0.05, 0) is 6.07 Å². The van der Waals surface area contributed by atoms with Gasteiger partial charge in [-0.2, -0.15) is 0 Å². The number of hydrogen-bond acceptors (Lipinski definition) is 4. The summed E-state index contributed by atoms with van der Waals surface area (Å²) in [7, 11) is 0. The molecule has 0 saturated heterocycles. The summed E-state index contributed by atoms with van der Waals surface area (Å²) < 4.78 is 4.92. The molecule has 0 atom stereocenters. The molecule has 0 N–H and O–H groups in total. The average Bonchev–Trinajstić information content (AvgIpc) is 2.17. The molecule has 0 aromatic heterocycles. The number of hydrogen-bond donors (Lipinski definition) is 0. The molecule has 5 nitrogen and oxygen atoms in total. The topological polar surface area (TPSA) is 64.7 Å². The number of ether oxygens (including phenoxy) is 1. The van der Waals surface area contributed by atoms with E-state index >= 15 is 0 Å². The van der Waals surface area contributed by atoms with Crippen LogP contribution in [0.3, 0.4) is 0 Å². The third-order valence-corrected chi connectivity index (χ3v) is 1.78. The number of fused-ring (bicyclic) bond motifs is 1. The molecule has 2 rings (SSSR count). The summed E-state index contributed by atoms with van der Waals surface area (Å²) in [5.41, 5.74) is 1.55. The predicted octanol–water partition coefficient (Wildman–Crippen LogP) is 1.78. The highest BCUT2D eigenvalue weighted by Crippen LogP contribution is 2.26. The molecule has 66 valence electrons. The van der Waals surface area contributed by atoms with Crippen molar-refractivity contribution in [1.82, 2.24) is 0 Å². The van der Waals surface area contributed by atoms with Crippen molar-refractivity contribution in [3.05, 3.63) is 33.9 Å². The summed E-state index contributed by atoms with van der Waals surface area (Å²) in [6, 6.07) is 4.53. The van der Waals surface area contributed by atoms with Crippen LogP contribution in [0.5, 0.6) is 0 Å². The number of rotatable bonds is 1. The van der Waals surface area contributed by atoms with Crippen molar-refractivity contribution in [3.8, 4) is 0 Å². The largest absolute Gasteiger partial charge is 0.478 e. The van der Waals surface area contributed by atoms with Gasteiger partial charge in [-0.25, -0.2) is 4.99 Å². The van der Waals surface area contributed by atoms with Gasteiger partial charge in [0.05, 0.1) is 10.6 Å². The Morgan fingerprint density at radius 2 is 2.38 bits per heavy atom. The van der Waals surface area contributed by atoms with Crippen molar-refractivity contribution < 1.29 is 9.66 Å². The molecule has 1 aliphatic rings. The van der Waals surface area contributed by atoms with Crippen LogP contribution in [0.1, 0.15) is 5.56 Å². The first kappa shape index (κ1) is 7.72. The normalized spacial score (nSPS) is 13.2. The third kappa shape index (κ3) is 1.35. The first-order valence-corrected chi connectivity index (χ1v) is 3.69. The van der Waals surface area contributed by atoms with Crippen LogP contribution in [0, 0.1) is 10.1 Å². The lowest BCUT2D eigenvalue weighted by Gasteiger charge is -2.09. The number of aliphatic imine (C=N–C) groups is 1. The van der Waals surface area contributed by atoms with Crippen molar-refractivity contribution in [1.29, 1.82) is 0 Å². The van der Waals surface area contributed by atoms with Crippen molar-refractivity contribution >= 4 is 17.8 Å². The maximum atomic E-state index is 10.4. The molecule has 1 aromatic rings. The second-order valence-electron chi connectivity index (χ2n) is 2.62. The van der Waals surface area contributed by atoms with Gasteiger partial charge in [0.25, 0.3) is 5.69 Å². The zero-order valence-corrected chi connectivity index (χ0v) is 6.64. The molecule has 1 aliphatic heterocycles. The smallest absolute Gasteiger partial charge is 0.269 e. The van der Waals surface area contributed by atoms with Gasteiger partial charge in [-0.3, -0.25) is 10.1 Å². The van der Waals surface area contributed by atoms with E-state index in [1.807, 2.05) is 0 Å². The van der Waals surface area contributed by atoms with Crippen molar-refractivity contribution in [3.63, 3.8) is 0 Å². The molecule has 0 spiro atoms. The van der Waals surface area contributed by atoms with Crippen molar-refractivity contribution in [2.75, 3.05) is 0 Å². The van der Waals surface area contributed by atoms with E-state index in [1.165, 1.54) is 18.5 Å². The first-order chi connectivity index (χ1) is 6.27. The molecular formula is C8H6N2O3. The van der Waals surface area contributed by atoms with Gasteiger partial charge in [0.2, 0.25) is 0 Å². The Labute approximate surface area is 73.8 Å². The lowest BCUT2D eigenvalue weighted by molar-refractivity contribution is -0.384. The fourth-order valence-corrected chi connectivity index (χ4v) is 1.15. The molecule has 0 aliphatic carbocycles. The molecular weight excluding hydrogens is 172 g/mol. The number of nitro benzene ring substituents is 1. The van der Waals surface area contributed by atoms with Crippen LogP contribution < -0.4 is 0 Å². The van der Waals surface area contributed by atoms with Gasteiger partial charge in [0, 0.05) is 17.7 Å². The highest BCUT2D eigenvalue weighted by atomic mass is 16.6. The number of nitrogens with zero attached hydrogens (tertiary/aromatic N) is 2. The van der Waals surface area contributed by atoms with Crippen LogP contribution in [0.2, 0.25) is 0 Å². The Morgan fingerprint density at radius 3 is 3.15 bits per heavy atom. The zero-order chi connectivity index (χ0) is 9.26. The summed E-state index contributed by atoms with van der Waals surface area (Å²) >= 11 is 0. The Morgan fingerprint density at radius 1 is 1.54 bits per heavy atom. The summed E-state index contributed by atoms with van der Waals surface area (Å²) in [4.78, 5) is 13.9. The average molecular weight is 178 g/mol. The van der Waals surface area contributed by atoms with Crippen LogP contribution in [0.4, 0.5) is 11.4 Å². The molecule has 0 saturated carbocycles. The minimum absolute atomic E-state index is 0.0689. The maximum Gasteiger partial charge on any atom is 0.269 e. The maximum absolute atomic E-state index is 10.4. The highest BCUT2D eigenvalue weighted by Gasteiger charge is 2.12. The number of nitro groups is 1. The molecule has 0 amide bonds. The van der Waals surface area contributed by atoms with E-state index in [4.69, 9.17) is 4.74 Å². The van der Waals surface area contributed by atoms with Gasteiger partial charge < -0.3 is 4.74 Å². The van der Waals surface area contributed by atoms with Crippen LogP contribution in [0.15, 0.2) is 23.2 Å². The second kappa shape index (κ2) is 2.85. The van der Waals surface area contributed by atoms with Crippen molar-refractivity contribution in [2.45, 2.75) is 6.61 Å². The second-order valence-corrected chi connectivity index (χ2v) is 2.62. The predicted molar refractivity (Wildman–Crippen MR) is 46.0 cm³/mol. The SMILES string of the molecule is O=[N+]([O-])c1ccc2c(c1)COC=N2. The van der Waals surface area contributed by atoms with E-state index in [0.29, 0.717) is 6.61 Å². The molecule has 0 fully saturated rings. The van der Waals surface area contributed by atoms with Gasteiger partial charge in [-0.15, -0.1) is 0 Å². The fourth-order valence-electron chi connectivity index (χ4n) is 1.15. The standard InChI is InChI=1S/C8H6N2O3/c11-10(12)7-1-2-8-6(3-7)4-13-5-9-8/h1-3,5H,4H2. The van der Waals surface area contributed by atoms with Gasteiger partial charge in [0.1, 0.15) is 6.61 Å². The summed E-state index contributed by atoms with van der Waals surface area (Å²) in [6.45, 7) is 0.348. The lowest BCUT2D eigenvalue weighted by Crippen LogP contribution is -1.98. The molecule has 0 bridgehead atoms. The summed E-state index contributed by atoms with van der Waals surface area (Å²) in [6.07, 6.45) is 1.34. The van der Waals surface area contributed by atoms with Crippen LogP contribution >= 0.6 is 0 Å². The molecule has 1 heterocycles. The molecule has 0 radical (unpaired) electrons. The number of non-ortho nitro benzene ring substituents is 1. The third-order valence-electron chi connectivity index (χ3n) is 1.78. The van der Waals surface area contributed by atoms with Crippen LogP contribution in [0.25, 0.3) is 0 Å². The Bertz CT molecular complexity index is 387. The summed E-state index contributed by atoms with van der Waals surface area (Å²) in [5.74, 6) is 0. The summed E-state index contributed by atoms with van der Waals surface area (Å²) in [5, 5.41) is 10.4. The van der Waals surface area contributed by atoms with E-state index in [-0.39, 0.29) is 5.69 Å². The van der Waals surface area contributed by atoms with Crippen LogP contribution in [-0.2, 0) is 11.3 Å². The Hall–Kier alpha value is -1.91. The zero-order valence-electron chi connectivity index (χ0n) is 6.64. The molecule has 0 unspecified atom stereocenters. The van der Waals surface area contributed by atoms with E-state index in [0.717, 1.165) is 11.3 Å². The minimum atomic E-state index is -0.432. The first-order valence-electron chi connectivity index (χ1n) is 3.69. The molecule has 1 aromatic carbocycles. The molecule has 13 heavy (non-hydrogen) atoms. The van der Waals surface area contributed by atoms with E-state index < -0.39 is 4.92 Å². The lowest BCUT2D eigenvalue weighted by atomic mass is 10.1. The monoisotopic (exact) mass is 178 g/mol. The van der Waals surface area contributed by atoms with E-state index in [1.54, 1.807) is 6.07 Å². The van der Waals surface area contributed by atoms with Crippen molar-refractivity contribution in [2.24, 2.45) is 4.99 Å². The van der Waals surface area contributed by atoms with E-state index in [2.05, 4.69) is 4.99 Å². The van der Waals surface area contributed by atoms with Gasteiger partial charge in [0.15, 0.2) is 6.40 Å². The van der Waals surface area contributed by atoms with E-state index in [9.17, 15) is 10.1 Å². The Balaban J connectivity index is 2.48. The number of benzene rings is 1. The quantitative estimate of drug-likeness (QED) is 0.486. The fraction of sp³-hybridized carbons (Fsp3) is 0.125. The van der Waals surface area contributed by atoms with Gasteiger partial charge >= 0.3 is 0 Å². The highest BCUT2D eigenvalue weighted by molar-refractivity contribution is 5.63. The Kier molecular flexibility index (Phi) is 1.70. The van der Waals surface area contributed by atoms with Gasteiger partial charge in [-0.1, -0.05) is 0 Å². The molecule has 5 heteroatoms.